The van der Waals surface area contributed by atoms with E-state index in [0.717, 1.165) is 10.9 Å². The summed E-state index contributed by atoms with van der Waals surface area (Å²) in [4.78, 5) is 3.57. The predicted octanol–water partition coefficient (Wildman–Crippen LogP) is 2.68. The van der Waals surface area contributed by atoms with Crippen LogP contribution in [0.5, 0.6) is 0 Å². The number of aryl methyl sites for hydroxylation is 1. The highest BCUT2D eigenvalue weighted by Crippen LogP contribution is 2.16. The minimum absolute atomic E-state index is 0.396. The van der Waals surface area contributed by atoms with Crippen molar-refractivity contribution in [1.82, 2.24) is 4.98 Å². The molecule has 0 unspecified atom stereocenters. The first-order valence-electron chi connectivity index (χ1n) is 3.78. The summed E-state index contributed by atoms with van der Waals surface area (Å²) in [5, 5.41) is 1.49. The van der Waals surface area contributed by atoms with Crippen LogP contribution < -0.4 is 0 Å². The van der Waals surface area contributed by atoms with Crippen LogP contribution in [0.25, 0.3) is 10.8 Å². The molecule has 0 saturated carbocycles. The standard InChI is InChI=1S/C10H8FN/c1-7-2-3-9-8(6-7)4-5-12-10(9)11/h2-6H,1H3. The Morgan fingerprint density at radius 1 is 1.25 bits per heavy atom. The average Bonchev–Trinajstić information content (AvgIpc) is 2.04. The lowest BCUT2D eigenvalue weighted by atomic mass is 10.1. The van der Waals surface area contributed by atoms with Crippen LogP contribution in [0.15, 0.2) is 30.5 Å². The second kappa shape index (κ2) is 2.55. The zero-order valence-electron chi connectivity index (χ0n) is 6.71. The van der Waals surface area contributed by atoms with Crippen molar-refractivity contribution in [3.05, 3.63) is 42.0 Å². The molecule has 1 aromatic carbocycles. The molecule has 0 fully saturated rings. The van der Waals surface area contributed by atoms with E-state index in [1.54, 1.807) is 6.07 Å². The maximum Gasteiger partial charge on any atom is 0.220 e. The zero-order valence-corrected chi connectivity index (χ0v) is 6.71. The monoisotopic (exact) mass is 161 g/mol. The van der Waals surface area contributed by atoms with Crippen molar-refractivity contribution in [2.24, 2.45) is 0 Å². The van der Waals surface area contributed by atoms with Crippen LogP contribution in [0.1, 0.15) is 5.56 Å². The number of hydrogen-bond donors (Lipinski definition) is 0. The van der Waals surface area contributed by atoms with Gasteiger partial charge in [-0.15, -0.1) is 0 Å². The van der Waals surface area contributed by atoms with Gasteiger partial charge in [-0.1, -0.05) is 17.7 Å². The van der Waals surface area contributed by atoms with Crippen LogP contribution in [0, 0.1) is 12.9 Å². The van der Waals surface area contributed by atoms with Gasteiger partial charge in [-0.3, -0.25) is 0 Å². The number of benzene rings is 1. The molecular weight excluding hydrogens is 153 g/mol. The van der Waals surface area contributed by atoms with E-state index < -0.39 is 5.95 Å². The normalized spacial score (nSPS) is 10.5. The lowest BCUT2D eigenvalue weighted by Crippen LogP contribution is -1.84. The average molecular weight is 161 g/mol. The summed E-state index contributed by atoms with van der Waals surface area (Å²) in [7, 11) is 0. The lowest BCUT2D eigenvalue weighted by molar-refractivity contribution is 0.597. The van der Waals surface area contributed by atoms with Gasteiger partial charge in [-0.25, -0.2) is 4.98 Å². The first-order chi connectivity index (χ1) is 5.77. The summed E-state index contributed by atoms with van der Waals surface area (Å²) in [6.07, 6.45) is 1.48. The third kappa shape index (κ3) is 1.05. The van der Waals surface area contributed by atoms with Crippen LogP contribution in [0.2, 0.25) is 0 Å². The van der Waals surface area contributed by atoms with E-state index in [0.29, 0.717) is 5.39 Å². The molecule has 2 aromatic rings. The van der Waals surface area contributed by atoms with Crippen molar-refractivity contribution in [3.63, 3.8) is 0 Å². The zero-order chi connectivity index (χ0) is 8.55. The summed E-state index contributed by atoms with van der Waals surface area (Å²) < 4.78 is 13.0. The van der Waals surface area contributed by atoms with Crippen LogP contribution in [-0.2, 0) is 0 Å². The van der Waals surface area contributed by atoms with Crippen molar-refractivity contribution in [3.8, 4) is 0 Å². The minimum atomic E-state index is -0.396. The fourth-order valence-corrected chi connectivity index (χ4v) is 1.26. The summed E-state index contributed by atoms with van der Waals surface area (Å²) in [5.74, 6) is -0.396. The minimum Gasteiger partial charge on any atom is -0.228 e. The molecule has 60 valence electrons. The topological polar surface area (TPSA) is 12.9 Å². The smallest absolute Gasteiger partial charge is 0.220 e. The van der Waals surface area contributed by atoms with E-state index in [1.807, 2.05) is 25.1 Å². The lowest BCUT2D eigenvalue weighted by Gasteiger charge is -1.98. The van der Waals surface area contributed by atoms with Gasteiger partial charge in [0.05, 0.1) is 0 Å². The Morgan fingerprint density at radius 3 is 2.92 bits per heavy atom. The predicted molar refractivity (Wildman–Crippen MR) is 46.4 cm³/mol. The largest absolute Gasteiger partial charge is 0.228 e. The second-order valence-corrected chi connectivity index (χ2v) is 2.83. The quantitative estimate of drug-likeness (QED) is 0.541. The van der Waals surface area contributed by atoms with E-state index in [-0.39, 0.29) is 0 Å². The molecule has 0 aliphatic heterocycles. The molecular formula is C10H8FN. The van der Waals surface area contributed by atoms with Crippen LogP contribution >= 0.6 is 0 Å². The molecule has 0 spiro atoms. The highest BCUT2D eigenvalue weighted by atomic mass is 19.1. The number of hydrogen-bond acceptors (Lipinski definition) is 1. The van der Waals surface area contributed by atoms with Gasteiger partial charge in [0.15, 0.2) is 0 Å². The van der Waals surface area contributed by atoms with Gasteiger partial charge < -0.3 is 0 Å². The summed E-state index contributed by atoms with van der Waals surface area (Å²) in [6, 6.07) is 7.39. The van der Waals surface area contributed by atoms with Gasteiger partial charge >= 0.3 is 0 Å². The highest BCUT2D eigenvalue weighted by Gasteiger charge is 1.99. The van der Waals surface area contributed by atoms with Crippen LogP contribution in [0.4, 0.5) is 4.39 Å². The molecule has 1 aromatic heterocycles. The Labute approximate surface area is 69.9 Å². The Morgan fingerprint density at radius 2 is 2.08 bits per heavy atom. The molecule has 2 rings (SSSR count). The number of halogens is 1. The first-order valence-corrected chi connectivity index (χ1v) is 3.78. The summed E-state index contributed by atoms with van der Waals surface area (Å²) >= 11 is 0. The van der Waals surface area contributed by atoms with Crippen molar-refractivity contribution in [1.29, 1.82) is 0 Å². The van der Waals surface area contributed by atoms with Gasteiger partial charge in [0.2, 0.25) is 5.95 Å². The molecule has 2 heteroatoms. The third-order valence-corrected chi connectivity index (χ3v) is 1.87. The molecule has 0 bridgehead atoms. The van der Waals surface area contributed by atoms with Gasteiger partial charge in [-0.2, -0.15) is 4.39 Å². The van der Waals surface area contributed by atoms with E-state index >= 15 is 0 Å². The van der Waals surface area contributed by atoms with E-state index in [2.05, 4.69) is 4.98 Å². The Kier molecular flexibility index (Phi) is 1.54. The molecule has 0 atom stereocenters. The molecule has 0 radical (unpaired) electrons. The first kappa shape index (κ1) is 7.22. The Bertz CT molecular complexity index is 423. The number of pyridine rings is 1. The number of nitrogens with zero attached hydrogens (tertiary/aromatic N) is 1. The molecule has 0 N–H and O–H groups in total. The maximum absolute atomic E-state index is 13.0. The van der Waals surface area contributed by atoms with Crippen molar-refractivity contribution < 1.29 is 4.39 Å². The van der Waals surface area contributed by atoms with Gasteiger partial charge in [0.25, 0.3) is 0 Å². The molecule has 1 nitrogen and oxygen atoms in total. The second-order valence-electron chi connectivity index (χ2n) is 2.83. The van der Waals surface area contributed by atoms with Gasteiger partial charge in [-0.05, 0) is 24.4 Å². The molecule has 0 aliphatic carbocycles. The van der Waals surface area contributed by atoms with Crippen LogP contribution in [0.3, 0.4) is 0 Å². The summed E-state index contributed by atoms with van der Waals surface area (Å²) in [5.41, 5.74) is 1.13. The van der Waals surface area contributed by atoms with Crippen molar-refractivity contribution >= 4 is 10.8 Å². The molecule has 0 amide bonds. The van der Waals surface area contributed by atoms with Crippen molar-refractivity contribution in [2.45, 2.75) is 6.92 Å². The molecule has 12 heavy (non-hydrogen) atoms. The van der Waals surface area contributed by atoms with Crippen LogP contribution in [-0.4, -0.2) is 4.98 Å². The Balaban J connectivity index is 2.86. The number of aromatic nitrogens is 1. The van der Waals surface area contributed by atoms with E-state index in [9.17, 15) is 4.39 Å². The third-order valence-electron chi connectivity index (χ3n) is 1.87. The fraction of sp³-hybridized carbons (Fsp3) is 0.100. The molecule has 1 heterocycles. The van der Waals surface area contributed by atoms with Crippen molar-refractivity contribution in [2.75, 3.05) is 0 Å². The maximum atomic E-state index is 13.0. The molecule has 0 aliphatic rings. The highest BCUT2D eigenvalue weighted by molar-refractivity contribution is 5.82. The summed E-state index contributed by atoms with van der Waals surface area (Å²) in [6.45, 7) is 1.98. The van der Waals surface area contributed by atoms with E-state index in [4.69, 9.17) is 0 Å². The Hall–Kier alpha value is -1.44. The molecule has 0 saturated heterocycles. The SMILES string of the molecule is Cc1ccc2c(F)nccc2c1. The van der Waals surface area contributed by atoms with E-state index in [1.165, 1.54) is 6.20 Å². The fourth-order valence-electron chi connectivity index (χ4n) is 1.26. The number of fused-ring (bicyclic) bond motifs is 1. The van der Waals surface area contributed by atoms with Gasteiger partial charge in [0.1, 0.15) is 0 Å². The van der Waals surface area contributed by atoms with Gasteiger partial charge in [0, 0.05) is 11.6 Å². The number of rotatable bonds is 0.